The number of amides is 1. The molecule has 0 atom stereocenters. The normalized spacial score (nSPS) is 11.3. The molecule has 0 aliphatic rings. The van der Waals surface area contributed by atoms with Gasteiger partial charge in [-0.2, -0.15) is 5.10 Å². The summed E-state index contributed by atoms with van der Waals surface area (Å²) in [6.45, 7) is 1.72. The number of aromatic nitrogens is 2. The molecule has 2 rings (SSSR count). The van der Waals surface area contributed by atoms with Crippen molar-refractivity contribution < 1.29 is 13.2 Å². The summed E-state index contributed by atoms with van der Waals surface area (Å²) in [6, 6.07) is 4.22. The first-order valence-electron chi connectivity index (χ1n) is 5.34. The van der Waals surface area contributed by atoms with E-state index in [-0.39, 0.29) is 15.3 Å². The van der Waals surface area contributed by atoms with Gasteiger partial charge in [0.15, 0.2) is 0 Å². The first kappa shape index (κ1) is 15.0. The van der Waals surface area contributed by atoms with Crippen LogP contribution in [0, 0.1) is 6.92 Å². The molecule has 0 unspecified atom stereocenters. The molecule has 0 saturated heterocycles. The Morgan fingerprint density at radius 1 is 1.45 bits per heavy atom. The average molecular weight is 379 g/mol. The number of aromatic amines is 1. The molecule has 1 heterocycles. The fourth-order valence-corrected chi connectivity index (χ4v) is 3.78. The van der Waals surface area contributed by atoms with Gasteiger partial charge in [0, 0.05) is 26.5 Å². The zero-order valence-electron chi connectivity index (χ0n) is 10.1. The van der Waals surface area contributed by atoms with E-state index in [0.717, 1.165) is 0 Å². The smallest absolute Gasteiger partial charge is 0.262 e. The van der Waals surface area contributed by atoms with Crippen LogP contribution in [0.4, 0.5) is 5.69 Å². The number of halogens is 2. The van der Waals surface area contributed by atoms with Crippen molar-refractivity contribution in [1.29, 1.82) is 0 Å². The van der Waals surface area contributed by atoms with Gasteiger partial charge in [0.1, 0.15) is 0 Å². The summed E-state index contributed by atoms with van der Waals surface area (Å²) in [5.41, 5.74) is 1.49. The van der Waals surface area contributed by atoms with Crippen LogP contribution in [0.1, 0.15) is 16.1 Å². The number of anilines is 1. The van der Waals surface area contributed by atoms with Crippen molar-refractivity contribution in [2.45, 2.75) is 11.8 Å². The Morgan fingerprint density at radius 2 is 2.15 bits per heavy atom. The molecule has 20 heavy (non-hydrogen) atoms. The van der Waals surface area contributed by atoms with Crippen molar-refractivity contribution in [3.05, 3.63) is 40.1 Å². The third-order valence-electron chi connectivity index (χ3n) is 2.53. The Bertz CT molecular complexity index is 773. The van der Waals surface area contributed by atoms with E-state index in [4.69, 9.17) is 10.7 Å². The number of aryl methyl sites for hydroxylation is 1. The molecule has 0 fully saturated rings. The lowest BCUT2D eigenvalue weighted by Gasteiger charge is -2.07. The van der Waals surface area contributed by atoms with Gasteiger partial charge in [-0.1, -0.05) is 0 Å². The van der Waals surface area contributed by atoms with E-state index in [1.807, 2.05) is 0 Å². The van der Waals surface area contributed by atoms with Gasteiger partial charge in [-0.3, -0.25) is 9.89 Å². The highest BCUT2D eigenvalue weighted by atomic mass is 79.9. The van der Waals surface area contributed by atoms with Crippen molar-refractivity contribution in [1.82, 2.24) is 10.2 Å². The molecule has 9 heteroatoms. The summed E-state index contributed by atoms with van der Waals surface area (Å²) in [7, 11) is 1.44. The number of carbonyl (C=O) groups excluding carboxylic acids is 1. The Labute approximate surface area is 128 Å². The molecule has 1 aromatic heterocycles. The van der Waals surface area contributed by atoms with Crippen LogP contribution in [-0.2, 0) is 9.05 Å². The lowest BCUT2D eigenvalue weighted by Crippen LogP contribution is -2.12. The van der Waals surface area contributed by atoms with Gasteiger partial charge in [0.2, 0.25) is 0 Å². The largest absolute Gasteiger partial charge is 0.322 e. The van der Waals surface area contributed by atoms with E-state index >= 15 is 0 Å². The van der Waals surface area contributed by atoms with Crippen LogP contribution in [0.3, 0.4) is 0 Å². The molecule has 0 spiro atoms. The minimum Gasteiger partial charge on any atom is -0.322 e. The number of rotatable bonds is 3. The fraction of sp³-hybridized carbons (Fsp3) is 0.0909. The summed E-state index contributed by atoms with van der Waals surface area (Å²) in [4.78, 5) is 11.9. The van der Waals surface area contributed by atoms with Crippen LogP contribution in [0.2, 0.25) is 0 Å². The predicted octanol–water partition coefficient (Wildman–Crippen LogP) is 2.66. The Kier molecular flexibility index (Phi) is 4.17. The van der Waals surface area contributed by atoms with Crippen LogP contribution in [0.15, 0.2) is 33.8 Å². The quantitative estimate of drug-likeness (QED) is 0.803. The van der Waals surface area contributed by atoms with Crippen LogP contribution in [0.5, 0.6) is 0 Å². The SMILES string of the molecule is Cc1[nH]ncc1C(=O)Nc1ccc(S(=O)(=O)Cl)c(Br)c1. The Hall–Kier alpha value is -1.38. The van der Waals surface area contributed by atoms with Gasteiger partial charge in [-0.05, 0) is 41.1 Å². The first-order valence-corrected chi connectivity index (χ1v) is 8.45. The lowest BCUT2D eigenvalue weighted by molar-refractivity contribution is 0.102. The molecule has 0 aliphatic carbocycles. The zero-order chi connectivity index (χ0) is 14.9. The molecule has 0 radical (unpaired) electrons. The highest BCUT2D eigenvalue weighted by Crippen LogP contribution is 2.28. The molecule has 2 N–H and O–H groups in total. The number of benzene rings is 1. The van der Waals surface area contributed by atoms with E-state index in [1.54, 1.807) is 6.92 Å². The average Bonchev–Trinajstić information content (AvgIpc) is 2.73. The number of H-pyrrole nitrogens is 1. The molecule has 0 aliphatic heterocycles. The Balaban J connectivity index is 2.26. The molecule has 1 aromatic carbocycles. The molecule has 6 nitrogen and oxygen atoms in total. The van der Waals surface area contributed by atoms with Gasteiger partial charge in [0.25, 0.3) is 15.0 Å². The van der Waals surface area contributed by atoms with Crippen molar-refractivity contribution in [2.24, 2.45) is 0 Å². The van der Waals surface area contributed by atoms with Gasteiger partial charge in [-0.15, -0.1) is 0 Å². The summed E-state index contributed by atoms with van der Waals surface area (Å²) < 4.78 is 22.8. The number of nitrogens with one attached hydrogen (secondary N) is 2. The van der Waals surface area contributed by atoms with E-state index in [0.29, 0.717) is 16.9 Å². The van der Waals surface area contributed by atoms with E-state index < -0.39 is 9.05 Å². The first-order chi connectivity index (χ1) is 9.29. The fourth-order valence-electron chi connectivity index (χ4n) is 1.55. The number of nitrogens with zero attached hydrogens (tertiary/aromatic N) is 1. The maximum atomic E-state index is 12.0. The number of hydrogen-bond acceptors (Lipinski definition) is 4. The van der Waals surface area contributed by atoms with Crippen molar-refractivity contribution >= 4 is 47.3 Å². The van der Waals surface area contributed by atoms with Gasteiger partial charge in [-0.25, -0.2) is 8.42 Å². The molecular weight excluding hydrogens is 370 g/mol. The second-order valence-corrected chi connectivity index (χ2v) is 7.33. The second-order valence-electron chi connectivity index (χ2n) is 3.95. The van der Waals surface area contributed by atoms with Crippen molar-refractivity contribution in [3.8, 4) is 0 Å². The minimum atomic E-state index is -3.83. The van der Waals surface area contributed by atoms with Crippen molar-refractivity contribution in [2.75, 3.05) is 5.32 Å². The van der Waals surface area contributed by atoms with E-state index in [1.165, 1.54) is 24.4 Å². The van der Waals surface area contributed by atoms with Gasteiger partial charge >= 0.3 is 0 Å². The van der Waals surface area contributed by atoms with Crippen LogP contribution >= 0.6 is 26.6 Å². The summed E-state index contributed by atoms with van der Waals surface area (Å²) in [5.74, 6) is -0.343. The molecule has 0 saturated carbocycles. The maximum Gasteiger partial charge on any atom is 0.262 e. The maximum absolute atomic E-state index is 12.0. The summed E-state index contributed by atoms with van der Waals surface area (Å²) >= 11 is 3.10. The minimum absolute atomic E-state index is 0.0587. The Morgan fingerprint density at radius 3 is 2.65 bits per heavy atom. The highest BCUT2D eigenvalue weighted by Gasteiger charge is 2.16. The molecule has 2 aromatic rings. The molecule has 1 amide bonds. The molecule has 106 valence electrons. The zero-order valence-corrected chi connectivity index (χ0v) is 13.3. The number of carbonyl (C=O) groups is 1. The lowest BCUT2D eigenvalue weighted by atomic mass is 10.2. The van der Waals surface area contributed by atoms with Gasteiger partial charge in [0.05, 0.1) is 16.7 Å². The molecular formula is C11H9BrClN3O3S. The topological polar surface area (TPSA) is 91.9 Å². The summed E-state index contributed by atoms with van der Waals surface area (Å²) in [6.07, 6.45) is 1.41. The van der Waals surface area contributed by atoms with E-state index in [2.05, 4.69) is 31.4 Å². The van der Waals surface area contributed by atoms with E-state index in [9.17, 15) is 13.2 Å². The monoisotopic (exact) mass is 377 g/mol. The third kappa shape index (κ3) is 3.20. The molecule has 0 bridgehead atoms. The van der Waals surface area contributed by atoms with Gasteiger partial charge < -0.3 is 5.32 Å². The standard InChI is InChI=1S/C11H9BrClN3O3S/c1-6-8(5-14-16-6)11(17)15-7-2-3-10(9(12)4-7)20(13,18)19/h2-5H,1H3,(H,14,16)(H,15,17). The highest BCUT2D eigenvalue weighted by molar-refractivity contribution is 9.10. The third-order valence-corrected chi connectivity index (χ3v) is 4.83. The van der Waals surface area contributed by atoms with Crippen LogP contribution in [-0.4, -0.2) is 24.5 Å². The van der Waals surface area contributed by atoms with Crippen LogP contribution in [0.25, 0.3) is 0 Å². The van der Waals surface area contributed by atoms with Crippen molar-refractivity contribution in [3.63, 3.8) is 0 Å². The predicted molar refractivity (Wildman–Crippen MR) is 78.5 cm³/mol. The number of hydrogen-bond donors (Lipinski definition) is 2. The van der Waals surface area contributed by atoms with Crippen LogP contribution < -0.4 is 5.32 Å². The second kappa shape index (κ2) is 5.55. The summed E-state index contributed by atoms with van der Waals surface area (Å²) in [5, 5.41) is 9.05.